The van der Waals surface area contributed by atoms with E-state index < -0.39 is 15.9 Å². The Labute approximate surface area is 122 Å². The molecule has 0 fully saturated rings. The number of amides is 1. The van der Waals surface area contributed by atoms with E-state index in [9.17, 15) is 13.2 Å². The van der Waals surface area contributed by atoms with Crippen LogP contribution in [0, 0.1) is 0 Å². The summed E-state index contributed by atoms with van der Waals surface area (Å²) < 4.78 is 26.3. The Hall–Kier alpha value is -2.19. The normalized spacial score (nSPS) is 11.7. The molecule has 0 atom stereocenters. The molecule has 1 aromatic carbocycles. The number of hydrogen-bond acceptors (Lipinski definition) is 4. The summed E-state index contributed by atoms with van der Waals surface area (Å²) in [6.45, 7) is 0.194. The second-order valence-electron chi connectivity index (χ2n) is 4.47. The van der Waals surface area contributed by atoms with Crippen molar-refractivity contribution in [3.63, 3.8) is 0 Å². The number of aromatic amines is 1. The van der Waals surface area contributed by atoms with Crippen molar-refractivity contribution in [3.05, 3.63) is 48.3 Å². The highest BCUT2D eigenvalue weighted by Crippen LogP contribution is 2.17. The van der Waals surface area contributed by atoms with E-state index >= 15 is 0 Å². The van der Waals surface area contributed by atoms with Gasteiger partial charge in [0.2, 0.25) is 15.9 Å². The Morgan fingerprint density at radius 3 is 2.57 bits per heavy atom. The van der Waals surface area contributed by atoms with Crippen molar-refractivity contribution in [1.29, 1.82) is 0 Å². The number of primary amides is 1. The lowest BCUT2D eigenvalue weighted by Crippen LogP contribution is -2.33. The molecule has 0 radical (unpaired) electrons. The lowest BCUT2D eigenvalue weighted by atomic mass is 10.2. The quantitative estimate of drug-likeness (QED) is 0.775. The fourth-order valence-electron chi connectivity index (χ4n) is 1.84. The van der Waals surface area contributed by atoms with Crippen molar-refractivity contribution in [2.24, 2.45) is 5.73 Å². The van der Waals surface area contributed by atoms with Gasteiger partial charge in [0.25, 0.3) is 0 Å². The van der Waals surface area contributed by atoms with Crippen molar-refractivity contribution < 1.29 is 13.2 Å². The molecule has 2 aromatic rings. The highest BCUT2D eigenvalue weighted by Gasteiger charge is 2.25. The maximum atomic E-state index is 12.5. The van der Waals surface area contributed by atoms with Gasteiger partial charge in [-0.05, 0) is 5.56 Å². The Balaban J connectivity index is 2.25. The number of nitrogens with zero attached hydrogens (tertiary/aromatic N) is 2. The SMILES string of the molecule is NC(=O)CCN(Cc1ccccc1)S(=O)(=O)c1cn[nH]c1. The Bertz CT molecular complexity index is 683. The molecule has 0 saturated heterocycles. The van der Waals surface area contributed by atoms with Crippen LogP contribution in [0.25, 0.3) is 0 Å². The number of benzene rings is 1. The van der Waals surface area contributed by atoms with Crippen molar-refractivity contribution in [3.8, 4) is 0 Å². The van der Waals surface area contributed by atoms with E-state index in [4.69, 9.17) is 5.73 Å². The lowest BCUT2D eigenvalue weighted by Gasteiger charge is -2.20. The third kappa shape index (κ3) is 3.89. The van der Waals surface area contributed by atoms with Gasteiger partial charge in [-0.25, -0.2) is 8.42 Å². The minimum atomic E-state index is -3.72. The molecule has 0 spiro atoms. The van der Waals surface area contributed by atoms with Gasteiger partial charge >= 0.3 is 0 Å². The zero-order chi connectivity index (χ0) is 15.3. The monoisotopic (exact) mass is 308 g/mol. The van der Waals surface area contributed by atoms with Gasteiger partial charge < -0.3 is 5.73 Å². The molecular formula is C13H16N4O3S. The average molecular weight is 308 g/mol. The van der Waals surface area contributed by atoms with E-state index in [1.165, 1.54) is 16.7 Å². The van der Waals surface area contributed by atoms with E-state index in [1.54, 1.807) is 0 Å². The molecule has 0 bridgehead atoms. The largest absolute Gasteiger partial charge is 0.370 e. The first-order chi connectivity index (χ1) is 10.00. The Morgan fingerprint density at radius 2 is 2.00 bits per heavy atom. The zero-order valence-electron chi connectivity index (χ0n) is 11.3. The summed E-state index contributed by atoms with van der Waals surface area (Å²) >= 11 is 0. The molecule has 0 aliphatic carbocycles. The molecule has 1 heterocycles. The van der Waals surface area contributed by atoms with Crippen molar-refractivity contribution >= 4 is 15.9 Å². The highest BCUT2D eigenvalue weighted by molar-refractivity contribution is 7.89. The minimum absolute atomic E-state index is 0.0255. The number of rotatable bonds is 7. The molecule has 3 N–H and O–H groups in total. The first-order valence-electron chi connectivity index (χ1n) is 6.31. The fourth-order valence-corrected chi connectivity index (χ4v) is 3.17. The fraction of sp³-hybridized carbons (Fsp3) is 0.231. The predicted octanol–water partition coefficient (Wildman–Crippen LogP) is 0.476. The summed E-state index contributed by atoms with van der Waals surface area (Å²) in [5.41, 5.74) is 5.94. The van der Waals surface area contributed by atoms with Gasteiger partial charge in [-0.2, -0.15) is 9.40 Å². The summed E-state index contributed by atoms with van der Waals surface area (Å²) in [6.07, 6.45) is 2.50. The van der Waals surface area contributed by atoms with Gasteiger partial charge in [-0.3, -0.25) is 9.89 Å². The van der Waals surface area contributed by atoms with Crippen LogP contribution < -0.4 is 5.73 Å². The Kier molecular flexibility index (Phi) is 4.71. The number of carbonyl (C=O) groups is 1. The number of nitrogens with two attached hydrogens (primary N) is 1. The molecule has 2 rings (SSSR count). The standard InChI is InChI=1S/C13H16N4O3S/c14-13(18)6-7-17(10-11-4-2-1-3-5-11)21(19,20)12-8-15-16-9-12/h1-5,8-9H,6-7,10H2,(H2,14,18)(H,15,16). The predicted molar refractivity (Wildman–Crippen MR) is 76.4 cm³/mol. The summed E-state index contributed by atoms with van der Waals surface area (Å²) in [6, 6.07) is 9.14. The van der Waals surface area contributed by atoms with Crippen LogP contribution in [0.2, 0.25) is 0 Å². The van der Waals surface area contributed by atoms with Gasteiger partial charge in [0, 0.05) is 25.7 Å². The van der Waals surface area contributed by atoms with Crippen molar-refractivity contribution in [2.75, 3.05) is 6.54 Å². The zero-order valence-corrected chi connectivity index (χ0v) is 12.1. The lowest BCUT2D eigenvalue weighted by molar-refractivity contribution is -0.118. The molecule has 8 heteroatoms. The van der Waals surface area contributed by atoms with Crippen LogP contribution in [-0.4, -0.2) is 35.4 Å². The van der Waals surface area contributed by atoms with Gasteiger partial charge in [0.05, 0.1) is 6.20 Å². The number of carbonyl (C=O) groups excluding carboxylic acids is 1. The van der Waals surface area contributed by atoms with Crippen molar-refractivity contribution in [1.82, 2.24) is 14.5 Å². The maximum Gasteiger partial charge on any atom is 0.246 e. The Morgan fingerprint density at radius 1 is 1.29 bits per heavy atom. The maximum absolute atomic E-state index is 12.5. The van der Waals surface area contributed by atoms with Crippen LogP contribution >= 0.6 is 0 Å². The van der Waals surface area contributed by atoms with Crippen molar-refractivity contribution in [2.45, 2.75) is 17.9 Å². The van der Waals surface area contributed by atoms with Crippen LogP contribution in [0.5, 0.6) is 0 Å². The van der Waals surface area contributed by atoms with Gasteiger partial charge in [-0.1, -0.05) is 30.3 Å². The molecule has 112 valence electrons. The van der Waals surface area contributed by atoms with Crippen LogP contribution in [0.4, 0.5) is 0 Å². The molecule has 21 heavy (non-hydrogen) atoms. The second kappa shape index (κ2) is 6.51. The molecule has 1 amide bonds. The smallest absolute Gasteiger partial charge is 0.246 e. The third-order valence-electron chi connectivity index (χ3n) is 2.92. The molecule has 7 nitrogen and oxygen atoms in total. The van der Waals surface area contributed by atoms with Crippen LogP contribution in [0.1, 0.15) is 12.0 Å². The van der Waals surface area contributed by atoms with Crippen LogP contribution in [-0.2, 0) is 21.4 Å². The second-order valence-corrected chi connectivity index (χ2v) is 6.41. The average Bonchev–Trinajstić information content (AvgIpc) is 2.99. The number of sulfonamides is 1. The van der Waals surface area contributed by atoms with E-state index in [1.807, 2.05) is 30.3 Å². The molecule has 0 aliphatic rings. The topological polar surface area (TPSA) is 109 Å². The summed E-state index contributed by atoms with van der Waals surface area (Å²) in [7, 11) is -3.72. The minimum Gasteiger partial charge on any atom is -0.370 e. The first-order valence-corrected chi connectivity index (χ1v) is 7.75. The van der Waals surface area contributed by atoms with E-state index in [-0.39, 0.29) is 24.4 Å². The van der Waals surface area contributed by atoms with Gasteiger partial charge in [0.15, 0.2) is 0 Å². The molecule has 0 saturated carbocycles. The molecule has 0 aliphatic heterocycles. The number of aromatic nitrogens is 2. The van der Waals surface area contributed by atoms with Crippen LogP contribution in [0.3, 0.4) is 0 Å². The number of hydrogen-bond donors (Lipinski definition) is 2. The van der Waals surface area contributed by atoms with Gasteiger partial charge in [0.1, 0.15) is 4.90 Å². The first kappa shape index (κ1) is 15.2. The van der Waals surface area contributed by atoms with E-state index in [0.717, 1.165) is 5.56 Å². The van der Waals surface area contributed by atoms with E-state index in [0.29, 0.717) is 0 Å². The summed E-state index contributed by atoms with van der Waals surface area (Å²) in [4.78, 5) is 11.0. The summed E-state index contributed by atoms with van der Waals surface area (Å²) in [5, 5.41) is 6.12. The van der Waals surface area contributed by atoms with Crippen LogP contribution in [0.15, 0.2) is 47.6 Å². The molecular weight excluding hydrogens is 292 g/mol. The number of H-pyrrole nitrogens is 1. The number of nitrogens with one attached hydrogen (secondary N) is 1. The molecule has 1 aromatic heterocycles. The molecule has 0 unspecified atom stereocenters. The highest BCUT2D eigenvalue weighted by atomic mass is 32.2. The summed E-state index contributed by atoms with van der Waals surface area (Å²) in [5.74, 6) is -0.546. The third-order valence-corrected chi connectivity index (χ3v) is 4.73. The van der Waals surface area contributed by atoms with Gasteiger partial charge in [-0.15, -0.1) is 0 Å². The van der Waals surface area contributed by atoms with E-state index in [2.05, 4.69) is 10.2 Å².